The molecule has 2 nitrogen and oxygen atoms in total. The van der Waals surface area contributed by atoms with Gasteiger partial charge in [0.05, 0.1) is 11.0 Å². The number of para-hydroxylation sites is 1. The van der Waals surface area contributed by atoms with Gasteiger partial charge in [-0.2, -0.15) is 0 Å². The summed E-state index contributed by atoms with van der Waals surface area (Å²) in [5, 5.41) is 7.67. The molecule has 10 aromatic rings. The Morgan fingerprint density at radius 2 is 0.982 bits per heavy atom. The highest BCUT2D eigenvalue weighted by molar-refractivity contribution is 6.34. The zero-order chi connectivity index (χ0) is 36.8. The molecule has 0 bridgehead atoms. The van der Waals surface area contributed by atoms with Crippen molar-refractivity contribution in [2.45, 2.75) is 26.2 Å². The number of hydrogen-bond donors (Lipinski definition) is 0. The molecule has 8 aromatic carbocycles. The van der Waals surface area contributed by atoms with Gasteiger partial charge in [-0.15, -0.1) is 0 Å². The van der Waals surface area contributed by atoms with E-state index in [1.165, 1.54) is 93.4 Å². The molecule has 0 atom stereocenters. The average molecular weight is 703 g/mol. The molecule has 0 saturated carbocycles. The van der Waals surface area contributed by atoms with Crippen molar-refractivity contribution in [3.05, 3.63) is 182 Å². The zero-order valence-electron chi connectivity index (χ0n) is 31.1. The van der Waals surface area contributed by atoms with Crippen LogP contribution in [0.4, 0.5) is 0 Å². The smallest absolute Gasteiger partial charge is 0.0553 e. The average Bonchev–Trinajstić information content (AvgIpc) is 3.74. The normalized spacial score (nSPS) is 12.3. The topological polar surface area (TPSA) is 17.8 Å². The fourth-order valence-corrected chi connectivity index (χ4v) is 9.23. The molecule has 2 aromatic heterocycles. The highest BCUT2D eigenvalue weighted by Crippen LogP contribution is 2.59. The van der Waals surface area contributed by atoms with Crippen molar-refractivity contribution < 1.29 is 0 Å². The van der Waals surface area contributed by atoms with Crippen LogP contribution in [0.5, 0.6) is 0 Å². The predicted molar refractivity (Wildman–Crippen MR) is 233 cm³/mol. The summed E-state index contributed by atoms with van der Waals surface area (Å²) >= 11 is 0. The fraction of sp³-hybridized carbons (Fsp3) is 0.0755. The molecule has 0 N–H and O–H groups in total. The molecule has 11 rings (SSSR count). The number of benzene rings is 8. The van der Waals surface area contributed by atoms with Crippen molar-refractivity contribution in [2.75, 3.05) is 0 Å². The van der Waals surface area contributed by atoms with E-state index >= 15 is 0 Å². The third-order valence-corrected chi connectivity index (χ3v) is 11.6. The molecule has 1 aliphatic rings. The summed E-state index contributed by atoms with van der Waals surface area (Å²) in [6.45, 7) is 6.64. The second-order valence-corrected chi connectivity index (χ2v) is 15.9. The van der Waals surface area contributed by atoms with Gasteiger partial charge in [-0.05, 0) is 108 Å². The molecule has 1 aliphatic carbocycles. The molecule has 0 spiro atoms. The van der Waals surface area contributed by atoms with Gasteiger partial charge < -0.3 is 4.57 Å². The summed E-state index contributed by atoms with van der Waals surface area (Å²) in [6.07, 6.45) is 2.04. The van der Waals surface area contributed by atoms with Crippen molar-refractivity contribution in [3.8, 4) is 61.3 Å². The third-order valence-electron chi connectivity index (χ3n) is 11.6. The van der Waals surface area contributed by atoms with Gasteiger partial charge in [-0.3, -0.25) is 4.98 Å². The van der Waals surface area contributed by atoms with Crippen LogP contribution in [0.1, 0.15) is 26.5 Å². The molecule has 0 amide bonds. The van der Waals surface area contributed by atoms with Gasteiger partial charge >= 0.3 is 0 Å². The first-order valence-electron chi connectivity index (χ1n) is 19.2. The van der Waals surface area contributed by atoms with Crippen LogP contribution in [0, 0.1) is 0 Å². The summed E-state index contributed by atoms with van der Waals surface area (Å²) < 4.78 is 2.47. The first-order valence-corrected chi connectivity index (χ1v) is 19.2. The van der Waals surface area contributed by atoms with Crippen LogP contribution in [0.25, 0.3) is 105 Å². The maximum Gasteiger partial charge on any atom is 0.0553 e. The van der Waals surface area contributed by atoms with E-state index in [-0.39, 0.29) is 5.41 Å². The molecule has 2 heterocycles. The number of rotatable bonds is 4. The van der Waals surface area contributed by atoms with Crippen molar-refractivity contribution in [3.63, 3.8) is 0 Å². The van der Waals surface area contributed by atoms with Gasteiger partial charge in [0.25, 0.3) is 0 Å². The van der Waals surface area contributed by atoms with Crippen LogP contribution >= 0.6 is 0 Å². The molecular weight excluding hydrogens is 665 g/mol. The molecule has 0 aliphatic heterocycles. The summed E-state index contributed by atoms with van der Waals surface area (Å²) in [5.74, 6) is 0. The summed E-state index contributed by atoms with van der Waals surface area (Å²) in [7, 11) is 0. The number of hydrogen-bond acceptors (Lipinski definition) is 1. The lowest BCUT2D eigenvalue weighted by Crippen LogP contribution is -2.12. The Kier molecular flexibility index (Phi) is 6.85. The minimum Gasteiger partial charge on any atom is -0.309 e. The quantitative estimate of drug-likeness (QED) is 0.178. The molecule has 0 fully saturated rings. The van der Waals surface area contributed by atoms with E-state index in [0.29, 0.717) is 0 Å². The van der Waals surface area contributed by atoms with Crippen molar-refractivity contribution in [1.29, 1.82) is 0 Å². The number of nitrogens with zero attached hydrogens (tertiary/aromatic N) is 2. The molecule has 0 saturated heterocycles. The lowest BCUT2D eigenvalue weighted by molar-refractivity contribution is 0.569. The highest BCUT2D eigenvalue weighted by atomic mass is 15.0. The van der Waals surface area contributed by atoms with E-state index in [2.05, 4.69) is 195 Å². The third kappa shape index (κ3) is 4.71. The molecular formula is C53H38N2. The van der Waals surface area contributed by atoms with Crippen LogP contribution in [0.15, 0.2) is 176 Å². The van der Waals surface area contributed by atoms with E-state index in [1.807, 2.05) is 6.20 Å². The first-order chi connectivity index (χ1) is 27.0. The Morgan fingerprint density at radius 1 is 0.400 bits per heavy atom. The summed E-state index contributed by atoms with van der Waals surface area (Å²) in [6, 6.07) is 62.6. The van der Waals surface area contributed by atoms with E-state index in [9.17, 15) is 0 Å². The predicted octanol–water partition coefficient (Wildman–Crippen LogP) is 14.4. The molecule has 2 heteroatoms. The molecule has 55 heavy (non-hydrogen) atoms. The Bertz CT molecular complexity index is 3130. The summed E-state index contributed by atoms with van der Waals surface area (Å²) in [5.41, 5.74) is 17.2. The maximum absolute atomic E-state index is 4.91. The van der Waals surface area contributed by atoms with Crippen LogP contribution < -0.4 is 0 Å². The van der Waals surface area contributed by atoms with Crippen LogP contribution in [-0.2, 0) is 5.41 Å². The van der Waals surface area contributed by atoms with Gasteiger partial charge in [0, 0.05) is 39.3 Å². The Hall–Kier alpha value is -6.77. The minimum absolute atomic E-state index is 0.00360. The zero-order valence-corrected chi connectivity index (χ0v) is 31.1. The SMILES string of the molecule is CC(C)(C)c1ccc(-c2ccc3c(c2)c2c4cccc5c4c(cc2n3-c2ccccc2)-c2c-5c(-c3ccccc3)c3ccccc3c2-c2ccccc2)cn1. The van der Waals surface area contributed by atoms with Gasteiger partial charge in [0.2, 0.25) is 0 Å². The number of fused-ring (bicyclic) bond motifs is 8. The van der Waals surface area contributed by atoms with Gasteiger partial charge in [-0.25, -0.2) is 0 Å². The van der Waals surface area contributed by atoms with Crippen molar-refractivity contribution >= 4 is 43.4 Å². The summed E-state index contributed by atoms with van der Waals surface area (Å²) in [4.78, 5) is 4.91. The Balaban J connectivity index is 1.30. The first kappa shape index (κ1) is 31.7. The van der Waals surface area contributed by atoms with E-state index in [1.54, 1.807) is 0 Å². The van der Waals surface area contributed by atoms with Gasteiger partial charge in [-0.1, -0.05) is 154 Å². The van der Waals surface area contributed by atoms with Gasteiger partial charge in [0.1, 0.15) is 0 Å². The number of aromatic nitrogens is 2. The minimum atomic E-state index is -0.00360. The van der Waals surface area contributed by atoms with Crippen LogP contribution in [0.3, 0.4) is 0 Å². The monoisotopic (exact) mass is 702 g/mol. The molecule has 0 radical (unpaired) electrons. The van der Waals surface area contributed by atoms with Gasteiger partial charge in [0.15, 0.2) is 0 Å². The van der Waals surface area contributed by atoms with E-state index in [0.717, 1.165) is 16.9 Å². The lowest BCUT2D eigenvalue weighted by atomic mass is 9.82. The van der Waals surface area contributed by atoms with E-state index in [4.69, 9.17) is 4.98 Å². The van der Waals surface area contributed by atoms with E-state index < -0.39 is 0 Å². The second kappa shape index (κ2) is 11.9. The molecule has 0 unspecified atom stereocenters. The van der Waals surface area contributed by atoms with Crippen LogP contribution in [0.2, 0.25) is 0 Å². The standard InChI is InChI=1S/C53H38N2/c1-53(2,3)46-29-27-36(32-54-46)35-26-28-44-42(30-35)50-40-24-15-25-41-49(40)43(31-45(50)55(44)37-20-11-6-12-21-37)52-48(34-18-9-5-10-19-34)39-23-14-13-22-38(39)47(51(41)52)33-16-7-4-8-17-33/h4-32H,1-3H3. The number of pyridine rings is 1. The highest BCUT2D eigenvalue weighted by Gasteiger charge is 2.32. The Labute approximate surface area is 321 Å². The molecule has 260 valence electrons. The second-order valence-electron chi connectivity index (χ2n) is 15.9. The Morgan fingerprint density at radius 3 is 1.60 bits per heavy atom. The van der Waals surface area contributed by atoms with Crippen LogP contribution in [-0.4, -0.2) is 9.55 Å². The van der Waals surface area contributed by atoms with Crippen molar-refractivity contribution in [2.24, 2.45) is 0 Å². The fourth-order valence-electron chi connectivity index (χ4n) is 9.23. The van der Waals surface area contributed by atoms with Crippen molar-refractivity contribution in [1.82, 2.24) is 9.55 Å². The maximum atomic E-state index is 4.91. The lowest BCUT2D eigenvalue weighted by Gasteiger charge is -2.20. The largest absolute Gasteiger partial charge is 0.309 e.